The molecule has 1 aromatic heterocycles. The van der Waals surface area contributed by atoms with Crippen LogP contribution in [0.1, 0.15) is 35.4 Å². The molecular formula is C20H16F4N2O2. The summed E-state index contributed by atoms with van der Waals surface area (Å²) in [4.78, 5) is 16.0. The Kier molecular flexibility index (Phi) is 5.22. The third-order valence-electron chi connectivity index (χ3n) is 4.16. The van der Waals surface area contributed by atoms with Crippen molar-refractivity contribution in [3.8, 4) is 11.3 Å². The molecule has 1 N–H and O–H groups in total. The highest BCUT2D eigenvalue weighted by Crippen LogP contribution is 2.34. The van der Waals surface area contributed by atoms with Crippen LogP contribution in [0.4, 0.5) is 23.2 Å². The highest BCUT2D eigenvalue weighted by Gasteiger charge is 2.36. The molecule has 0 bridgehead atoms. The van der Waals surface area contributed by atoms with Gasteiger partial charge in [0.15, 0.2) is 0 Å². The topological polar surface area (TPSA) is 55.1 Å². The monoisotopic (exact) mass is 392 g/mol. The maximum atomic E-state index is 13.8. The summed E-state index contributed by atoms with van der Waals surface area (Å²) >= 11 is 0. The van der Waals surface area contributed by atoms with E-state index in [0.717, 1.165) is 18.2 Å². The van der Waals surface area contributed by atoms with Crippen LogP contribution in [0.2, 0.25) is 0 Å². The van der Waals surface area contributed by atoms with Gasteiger partial charge in [-0.3, -0.25) is 4.79 Å². The number of carbonyl (C=O) groups is 1. The molecule has 146 valence electrons. The van der Waals surface area contributed by atoms with Gasteiger partial charge in [-0.2, -0.15) is 8.78 Å². The minimum Gasteiger partial charge on any atom is -0.440 e. The average Bonchev–Trinajstić information content (AvgIpc) is 3.05. The van der Waals surface area contributed by atoms with Crippen molar-refractivity contribution < 1.29 is 26.8 Å². The molecule has 0 saturated carbocycles. The lowest BCUT2D eigenvalue weighted by molar-refractivity contribution is -0.0353. The smallest absolute Gasteiger partial charge is 0.322 e. The molecule has 0 aliphatic carbocycles. The van der Waals surface area contributed by atoms with Gasteiger partial charge in [0.25, 0.3) is 11.8 Å². The molecule has 1 heterocycles. The molecule has 4 nitrogen and oxygen atoms in total. The number of hydrogen-bond acceptors (Lipinski definition) is 3. The SMILES string of the molecule is CCC(F)(F)c1nc(-c2ccc(NC(=O)c3c(F)cccc3F)cc2)c(C)o1. The molecule has 2 aromatic carbocycles. The summed E-state index contributed by atoms with van der Waals surface area (Å²) in [6, 6.07) is 9.14. The van der Waals surface area contributed by atoms with Crippen molar-refractivity contribution in [2.24, 2.45) is 0 Å². The molecule has 0 spiro atoms. The van der Waals surface area contributed by atoms with E-state index in [4.69, 9.17) is 4.42 Å². The van der Waals surface area contributed by atoms with E-state index in [0.29, 0.717) is 5.56 Å². The lowest BCUT2D eigenvalue weighted by Crippen LogP contribution is -2.15. The summed E-state index contributed by atoms with van der Waals surface area (Å²) in [6.07, 6.45) is -0.441. The van der Waals surface area contributed by atoms with Crippen LogP contribution in [0.15, 0.2) is 46.9 Å². The van der Waals surface area contributed by atoms with Gasteiger partial charge in [0.2, 0.25) is 0 Å². The van der Waals surface area contributed by atoms with Crippen LogP contribution in [0, 0.1) is 18.6 Å². The van der Waals surface area contributed by atoms with Crippen molar-refractivity contribution in [3.05, 3.63) is 71.3 Å². The minimum atomic E-state index is -3.17. The normalized spacial score (nSPS) is 11.5. The summed E-state index contributed by atoms with van der Waals surface area (Å²) in [5.41, 5.74) is 0.331. The van der Waals surface area contributed by atoms with Crippen LogP contribution >= 0.6 is 0 Å². The number of halogens is 4. The van der Waals surface area contributed by atoms with Gasteiger partial charge < -0.3 is 9.73 Å². The van der Waals surface area contributed by atoms with Gasteiger partial charge >= 0.3 is 5.92 Å². The van der Waals surface area contributed by atoms with Crippen molar-refractivity contribution in [2.75, 3.05) is 5.32 Å². The number of alkyl halides is 2. The number of hydrogen-bond donors (Lipinski definition) is 1. The number of anilines is 1. The molecule has 8 heteroatoms. The molecule has 0 aliphatic rings. The predicted octanol–water partition coefficient (Wildman–Crippen LogP) is 5.68. The van der Waals surface area contributed by atoms with Crippen LogP contribution in [-0.4, -0.2) is 10.9 Å². The van der Waals surface area contributed by atoms with Crippen molar-refractivity contribution in [2.45, 2.75) is 26.2 Å². The van der Waals surface area contributed by atoms with Gasteiger partial charge in [-0.05, 0) is 31.2 Å². The number of nitrogens with zero attached hydrogens (tertiary/aromatic N) is 1. The number of rotatable bonds is 5. The van der Waals surface area contributed by atoms with Crippen LogP contribution in [0.3, 0.4) is 0 Å². The molecule has 0 fully saturated rings. The van der Waals surface area contributed by atoms with Gasteiger partial charge in [-0.1, -0.05) is 25.1 Å². The second kappa shape index (κ2) is 7.46. The number of amides is 1. The fraction of sp³-hybridized carbons (Fsp3) is 0.200. The van der Waals surface area contributed by atoms with Gasteiger partial charge in [0, 0.05) is 17.7 Å². The lowest BCUT2D eigenvalue weighted by atomic mass is 10.1. The van der Waals surface area contributed by atoms with Gasteiger partial charge in [0.1, 0.15) is 28.7 Å². The van der Waals surface area contributed by atoms with E-state index in [1.807, 2.05) is 0 Å². The molecule has 0 aliphatic heterocycles. The maximum absolute atomic E-state index is 13.8. The van der Waals surface area contributed by atoms with E-state index in [9.17, 15) is 22.4 Å². The molecule has 0 saturated heterocycles. The Balaban J connectivity index is 1.82. The van der Waals surface area contributed by atoms with E-state index >= 15 is 0 Å². The van der Waals surface area contributed by atoms with Crippen molar-refractivity contribution in [3.63, 3.8) is 0 Å². The average molecular weight is 392 g/mol. The Hall–Kier alpha value is -3.16. The van der Waals surface area contributed by atoms with E-state index in [1.165, 1.54) is 38.1 Å². The Morgan fingerprint density at radius 1 is 1.11 bits per heavy atom. The van der Waals surface area contributed by atoms with E-state index in [2.05, 4.69) is 10.3 Å². The third kappa shape index (κ3) is 3.76. The van der Waals surface area contributed by atoms with E-state index < -0.39 is 41.3 Å². The van der Waals surface area contributed by atoms with Gasteiger partial charge in [-0.25, -0.2) is 13.8 Å². The molecule has 0 unspecified atom stereocenters. The highest BCUT2D eigenvalue weighted by molar-refractivity contribution is 6.04. The lowest BCUT2D eigenvalue weighted by Gasteiger charge is -2.08. The first kappa shape index (κ1) is 19.6. The molecule has 3 rings (SSSR count). The quantitative estimate of drug-likeness (QED) is 0.568. The van der Waals surface area contributed by atoms with Crippen LogP contribution in [-0.2, 0) is 5.92 Å². The molecule has 0 atom stereocenters. The summed E-state index contributed by atoms with van der Waals surface area (Å²) in [7, 11) is 0. The molecule has 3 aromatic rings. The number of aromatic nitrogens is 1. The zero-order valence-electron chi connectivity index (χ0n) is 15.0. The largest absolute Gasteiger partial charge is 0.440 e. The zero-order chi connectivity index (χ0) is 20.5. The van der Waals surface area contributed by atoms with Crippen LogP contribution < -0.4 is 5.32 Å². The maximum Gasteiger partial charge on any atom is 0.322 e. The number of carbonyl (C=O) groups excluding carboxylic acids is 1. The third-order valence-corrected chi connectivity index (χ3v) is 4.16. The highest BCUT2D eigenvalue weighted by atomic mass is 19.3. The fourth-order valence-electron chi connectivity index (χ4n) is 2.59. The van der Waals surface area contributed by atoms with Crippen LogP contribution in [0.25, 0.3) is 11.3 Å². The number of aryl methyl sites for hydroxylation is 1. The van der Waals surface area contributed by atoms with Gasteiger partial charge in [-0.15, -0.1) is 0 Å². The van der Waals surface area contributed by atoms with E-state index in [-0.39, 0.29) is 17.1 Å². The Bertz CT molecular complexity index is 993. The predicted molar refractivity (Wildman–Crippen MR) is 95.2 cm³/mol. The second-order valence-corrected chi connectivity index (χ2v) is 6.11. The molecular weight excluding hydrogens is 376 g/mol. The van der Waals surface area contributed by atoms with Crippen molar-refractivity contribution in [1.82, 2.24) is 4.98 Å². The molecule has 0 radical (unpaired) electrons. The number of nitrogens with one attached hydrogen (secondary N) is 1. The second-order valence-electron chi connectivity index (χ2n) is 6.11. The first-order chi connectivity index (χ1) is 13.2. The Labute approximate surface area is 158 Å². The summed E-state index contributed by atoms with van der Waals surface area (Å²) in [5.74, 6) is -6.48. The standard InChI is InChI=1S/C20H16F4N2O2/c1-3-20(23,24)19-26-17(11(2)28-19)12-7-9-13(10-8-12)25-18(27)16-14(21)5-4-6-15(16)22/h4-10H,3H2,1-2H3,(H,25,27). The minimum absolute atomic E-state index is 0.230. The van der Waals surface area contributed by atoms with Crippen molar-refractivity contribution >= 4 is 11.6 Å². The first-order valence-corrected chi connectivity index (χ1v) is 8.44. The Morgan fingerprint density at radius 2 is 1.71 bits per heavy atom. The van der Waals surface area contributed by atoms with Crippen LogP contribution in [0.5, 0.6) is 0 Å². The number of oxazole rings is 1. The molecule has 1 amide bonds. The summed E-state index contributed by atoms with van der Waals surface area (Å²) in [6.45, 7) is 2.85. The zero-order valence-corrected chi connectivity index (χ0v) is 15.0. The summed E-state index contributed by atoms with van der Waals surface area (Å²) in [5, 5.41) is 2.39. The van der Waals surface area contributed by atoms with Gasteiger partial charge in [0.05, 0.1) is 0 Å². The van der Waals surface area contributed by atoms with E-state index in [1.54, 1.807) is 0 Å². The Morgan fingerprint density at radius 3 is 2.29 bits per heavy atom. The molecule has 28 heavy (non-hydrogen) atoms. The first-order valence-electron chi connectivity index (χ1n) is 8.44. The number of benzene rings is 2. The van der Waals surface area contributed by atoms with Crippen molar-refractivity contribution in [1.29, 1.82) is 0 Å². The fourth-order valence-corrected chi connectivity index (χ4v) is 2.59. The summed E-state index contributed by atoms with van der Waals surface area (Å²) < 4.78 is 60.0.